The number of aryl methyl sites for hydroxylation is 2. The lowest BCUT2D eigenvalue weighted by Crippen LogP contribution is -2.33. The van der Waals surface area contributed by atoms with Crippen LogP contribution in [0.15, 0.2) is 48.5 Å². The quantitative estimate of drug-likeness (QED) is 0.802. The number of hydrogen-bond acceptors (Lipinski definition) is 2. The number of fused-ring (bicyclic) bond motifs is 2. The monoisotopic (exact) mass is 319 g/mol. The largest absolute Gasteiger partial charge is 0.348 e. The van der Waals surface area contributed by atoms with Crippen LogP contribution >= 0.6 is 0 Å². The van der Waals surface area contributed by atoms with Gasteiger partial charge in [-0.05, 0) is 49.4 Å². The van der Waals surface area contributed by atoms with E-state index in [9.17, 15) is 4.79 Å². The van der Waals surface area contributed by atoms with E-state index in [4.69, 9.17) is 0 Å². The van der Waals surface area contributed by atoms with Crippen molar-refractivity contribution in [1.29, 1.82) is 0 Å². The van der Waals surface area contributed by atoms with Gasteiger partial charge in [-0.3, -0.25) is 4.79 Å². The minimum atomic E-state index is 0.0444. The van der Waals surface area contributed by atoms with Crippen molar-refractivity contribution in [2.45, 2.75) is 38.8 Å². The molecule has 3 aromatic rings. The van der Waals surface area contributed by atoms with Gasteiger partial charge in [-0.2, -0.15) is 0 Å². The molecule has 1 amide bonds. The van der Waals surface area contributed by atoms with Crippen LogP contribution in [0.2, 0.25) is 0 Å². The number of aromatic nitrogens is 2. The van der Waals surface area contributed by atoms with Gasteiger partial charge in [0.05, 0.1) is 17.1 Å². The molecule has 1 aliphatic carbocycles. The molecule has 0 unspecified atom stereocenters. The van der Waals surface area contributed by atoms with E-state index in [1.165, 1.54) is 11.1 Å². The van der Waals surface area contributed by atoms with Crippen LogP contribution < -0.4 is 5.32 Å². The average Bonchev–Trinajstić information content (AvgIpc) is 2.91. The van der Waals surface area contributed by atoms with Crippen LogP contribution in [-0.2, 0) is 17.8 Å². The summed E-state index contributed by atoms with van der Waals surface area (Å²) in [5.41, 5.74) is 4.57. The molecule has 24 heavy (non-hydrogen) atoms. The van der Waals surface area contributed by atoms with Crippen molar-refractivity contribution in [2.75, 3.05) is 0 Å². The Morgan fingerprint density at radius 3 is 2.92 bits per heavy atom. The number of para-hydroxylation sites is 2. The molecule has 0 aliphatic heterocycles. The van der Waals surface area contributed by atoms with E-state index in [1.807, 2.05) is 35.8 Å². The van der Waals surface area contributed by atoms with Gasteiger partial charge in [-0.15, -0.1) is 0 Å². The standard InChI is InChI=1S/C20H21N3O/c1-14-21-18-10-4-5-12-19(18)23(14)13-20(24)22-17-11-6-8-15-7-2-3-9-16(15)17/h2-5,7,9-10,12,17H,6,8,11,13H2,1H3,(H,22,24)/t17-/m0/s1. The Labute approximate surface area is 141 Å². The minimum Gasteiger partial charge on any atom is -0.348 e. The van der Waals surface area contributed by atoms with Crippen LogP contribution in [0.3, 0.4) is 0 Å². The number of carbonyl (C=O) groups excluding carboxylic acids is 1. The highest BCUT2D eigenvalue weighted by Crippen LogP contribution is 2.29. The summed E-state index contributed by atoms with van der Waals surface area (Å²) < 4.78 is 1.99. The summed E-state index contributed by atoms with van der Waals surface area (Å²) in [6, 6.07) is 16.5. The SMILES string of the molecule is Cc1nc2ccccc2n1CC(=O)N[C@H]1CCCc2ccccc21. The first-order chi connectivity index (χ1) is 11.7. The van der Waals surface area contributed by atoms with Crippen molar-refractivity contribution in [3.8, 4) is 0 Å². The Bertz CT molecular complexity index is 897. The number of rotatable bonds is 3. The topological polar surface area (TPSA) is 46.9 Å². The molecule has 1 heterocycles. The summed E-state index contributed by atoms with van der Waals surface area (Å²) in [5.74, 6) is 0.915. The summed E-state index contributed by atoms with van der Waals surface area (Å²) in [6.45, 7) is 2.26. The number of imidazole rings is 1. The maximum atomic E-state index is 12.6. The van der Waals surface area contributed by atoms with Crippen LogP contribution in [0.4, 0.5) is 0 Å². The Hall–Kier alpha value is -2.62. The van der Waals surface area contributed by atoms with E-state index >= 15 is 0 Å². The van der Waals surface area contributed by atoms with Crippen molar-refractivity contribution in [3.05, 3.63) is 65.5 Å². The van der Waals surface area contributed by atoms with Crippen LogP contribution in [0.1, 0.15) is 35.8 Å². The number of amides is 1. The third-order valence-corrected chi connectivity index (χ3v) is 4.85. The molecule has 4 heteroatoms. The normalized spacial score (nSPS) is 16.8. The van der Waals surface area contributed by atoms with Gasteiger partial charge >= 0.3 is 0 Å². The molecule has 0 fully saturated rings. The van der Waals surface area contributed by atoms with Gasteiger partial charge in [-0.25, -0.2) is 4.98 Å². The van der Waals surface area contributed by atoms with Crippen molar-refractivity contribution in [3.63, 3.8) is 0 Å². The molecule has 2 aromatic carbocycles. The molecule has 4 rings (SSSR count). The van der Waals surface area contributed by atoms with Gasteiger partial charge in [0.2, 0.25) is 5.91 Å². The molecule has 0 spiro atoms. The van der Waals surface area contributed by atoms with Crippen LogP contribution in [-0.4, -0.2) is 15.5 Å². The lowest BCUT2D eigenvalue weighted by Gasteiger charge is -2.26. The molecule has 0 radical (unpaired) electrons. The second kappa shape index (κ2) is 6.11. The van der Waals surface area contributed by atoms with Gasteiger partial charge in [0, 0.05) is 0 Å². The van der Waals surface area contributed by atoms with E-state index < -0.39 is 0 Å². The Morgan fingerprint density at radius 2 is 2.00 bits per heavy atom. The minimum absolute atomic E-state index is 0.0444. The van der Waals surface area contributed by atoms with Gasteiger partial charge in [0.15, 0.2) is 0 Å². The molecular weight excluding hydrogens is 298 g/mol. The van der Waals surface area contributed by atoms with Crippen LogP contribution in [0.5, 0.6) is 0 Å². The first kappa shape index (κ1) is 14.9. The molecular formula is C20H21N3O. The van der Waals surface area contributed by atoms with Gasteiger partial charge < -0.3 is 9.88 Å². The van der Waals surface area contributed by atoms with Crippen molar-refractivity contribution in [1.82, 2.24) is 14.9 Å². The number of nitrogens with zero attached hydrogens (tertiary/aromatic N) is 2. The number of nitrogens with one attached hydrogen (secondary N) is 1. The maximum Gasteiger partial charge on any atom is 0.240 e. The summed E-state index contributed by atoms with van der Waals surface area (Å²) >= 11 is 0. The molecule has 0 saturated carbocycles. The Kier molecular flexibility index (Phi) is 3.81. The summed E-state index contributed by atoms with van der Waals surface area (Å²) in [5, 5.41) is 3.22. The van der Waals surface area contributed by atoms with Gasteiger partial charge in [-0.1, -0.05) is 36.4 Å². The third-order valence-electron chi connectivity index (χ3n) is 4.85. The molecule has 4 nitrogen and oxygen atoms in total. The van der Waals surface area contributed by atoms with Crippen molar-refractivity contribution in [2.24, 2.45) is 0 Å². The van der Waals surface area contributed by atoms with E-state index in [2.05, 4.69) is 34.6 Å². The molecule has 1 aromatic heterocycles. The molecule has 0 saturated heterocycles. The Balaban J connectivity index is 1.54. The summed E-state index contributed by atoms with van der Waals surface area (Å²) in [4.78, 5) is 17.2. The van der Waals surface area contributed by atoms with Gasteiger partial charge in [0.25, 0.3) is 0 Å². The lowest BCUT2D eigenvalue weighted by molar-refractivity contribution is -0.122. The van der Waals surface area contributed by atoms with Crippen LogP contribution in [0, 0.1) is 6.92 Å². The highest BCUT2D eigenvalue weighted by Gasteiger charge is 2.21. The zero-order valence-electron chi connectivity index (χ0n) is 13.8. The molecule has 1 N–H and O–H groups in total. The number of benzene rings is 2. The first-order valence-electron chi connectivity index (χ1n) is 8.51. The average molecular weight is 319 g/mol. The van der Waals surface area contributed by atoms with E-state index in [-0.39, 0.29) is 11.9 Å². The van der Waals surface area contributed by atoms with E-state index in [1.54, 1.807) is 0 Å². The fourth-order valence-electron chi connectivity index (χ4n) is 3.68. The molecule has 1 aliphatic rings. The summed E-state index contributed by atoms with van der Waals surface area (Å²) in [7, 11) is 0. The van der Waals surface area contributed by atoms with Crippen molar-refractivity contribution < 1.29 is 4.79 Å². The maximum absolute atomic E-state index is 12.6. The predicted molar refractivity (Wildman–Crippen MR) is 94.7 cm³/mol. The molecule has 122 valence electrons. The second-order valence-corrected chi connectivity index (χ2v) is 6.45. The van der Waals surface area contributed by atoms with E-state index in [0.29, 0.717) is 6.54 Å². The van der Waals surface area contributed by atoms with E-state index in [0.717, 1.165) is 36.1 Å². The molecule has 0 bridgehead atoms. The fraction of sp³-hybridized carbons (Fsp3) is 0.300. The smallest absolute Gasteiger partial charge is 0.240 e. The zero-order chi connectivity index (χ0) is 16.5. The zero-order valence-corrected chi connectivity index (χ0v) is 13.8. The second-order valence-electron chi connectivity index (χ2n) is 6.45. The Morgan fingerprint density at radius 1 is 1.21 bits per heavy atom. The van der Waals surface area contributed by atoms with Gasteiger partial charge in [0.1, 0.15) is 12.4 Å². The van der Waals surface area contributed by atoms with Crippen molar-refractivity contribution >= 4 is 16.9 Å². The number of carbonyl (C=O) groups is 1. The lowest BCUT2D eigenvalue weighted by atomic mass is 9.88. The highest BCUT2D eigenvalue weighted by molar-refractivity contribution is 5.81. The molecule has 1 atom stereocenters. The third kappa shape index (κ3) is 2.68. The first-order valence-corrected chi connectivity index (χ1v) is 8.51. The fourth-order valence-corrected chi connectivity index (χ4v) is 3.68. The predicted octanol–water partition coefficient (Wildman–Crippen LogP) is 3.54. The van der Waals surface area contributed by atoms with Crippen LogP contribution in [0.25, 0.3) is 11.0 Å². The summed E-state index contributed by atoms with van der Waals surface area (Å²) in [6.07, 6.45) is 3.23. The number of hydrogen-bond donors (Lipinski definition) is 1. The highest BCUT2D eigenvalue weighted by atomic mass is 16.2.